The minimum Gasteiger partial charge on any atom is -0.373 e. The highest BCUT2D eigenvalue weighted by Crippen LogP contribution is 2.24. The molecule has 1 saturated heterocycles. The van der Waals surface area contributed by atoms with Crippen molar-refractivity contribution in [1.82, 2.24) is 9.88 Å². The second kappa shape index (κ2) is 7.21. The molecule has 2 atom stereocenters. The number of hydrogen-bond donors (Lipinski definition) is 1. The summed E-state index contributed by atoms with van der Waals surface area (Å²) in [6, 6.07) is 9.96. The van der Waals surface area contributed by atoms with E-state index in [9.17, 15) is 4.79 Å². The Balaban J connectivity index is 1.57. The van der Waals surface area contributed by atoms with Gasteiger partial charge in [0.25, 0.3) is 0 Å². The van der Waals surface area contributed by atoms with Crippen molar-refractivity contribution < 1.29 is 9.53 Å². The van der Waals surface area contributed by atoms with Crippen molar-refractivity contribution in [2.75, 3.05) is 25.0 Å². The van der Waals surface area contributed by atoms with Gasteiger partial charge in [-0.1, -0.05) is 30.3 Å². The predicted molar refractivity (Wildman–Crippen MR) is 92.6 cm³/mol. The number of amides is 1. The molecule has 0 aliphatic carbocycles. The number of nitrogens with zero attached hydrogens (tertiary/aromatic N) is 2. The van der Waals surface area contributed by atoms with Crippen molar-refractivity contribution in [3.05, 3.63) is 35.7 Å². The van der Waals surface area contributed by atoms with E-state index in [-0.39, 0.29) is 18.1 Å². The van der Waals surface area contributed by atoms with Crippen LogP contribution < -0.4 is 5.32 Å². The monoisotopic (exact) mass is 331 g/mol. The Morgan fingerprint density at radius 2 is 2.00 bits per heavy atom. The predicted octanol–water partition coefficient (Wildman–Crippen LogP) is 2.86. The maximum atomic E-state index is 12.2. The van der Waals surface area contributed by atoms with Crippen LogP contribution in [0.2, 0.25) is 0 Å². The molecule has 0 radical (unpaired) electrons. The fraction of sp³-hybridized carbons (Fsp3) is 0.412. The number of morpholine rings is 1. The number of anilines is 1. The quantitative estimate of drug-likeness (QED) is 0.936. The minimum absolute atomic E-state index is 0.0275. The third-order valence-electron chi connectivity index (χ3n) is 3.68. The molecule has 1 aliphatic heterocycles. The fourth-order valence-electron chi connectivity index (χ4n) is 2.85. The van der Waals surface area contributed by atoms with Gasteiger partial charge in [0.05, 0.1) is 24.4 Å². The van der Waals surface area contributed by atoms with E-state index in [1.807, 2.05) is 49.6 Å². The van der Waals surface area contributed by atoms with Gasteiger partial charge < -0.3 is 10.1 Å². The van der Waals surface area contributed by atoms with Crippen molar-refractivity contribution in [1.29, 1.82) is 0 Å². The standard InChI is InChI=1S/C17H21N3O2S/c1-12-8-20(9-13(2)22-12)10-16(21)19-17-18-15(11-23-17)14-6-4-3-5-7-14/h3-7,11-13H,8-10H2,1-2H3,(H,18,19,21)/t12-,13+. The summed E-state index contributed by atoms with van der Waals surface area (Å²) >= 11 is 1.45. The zero-order valence-electron chi connectivity index (χ0n) is 13.4. The molecule has 2 heterocycles. The van der Waals surface area contributed by atoms with Gasteiger partial charge in [0, 0.05) is 24.0 Å². The van der Waals surface area contributed by atoms with Crippen LogP contribution in [-0.4, -0.2) is 47.6 Å². The van der Waals surface area contributed by atoms with Gasteiger partial charge in [0.1, 0.15) is 0 Å². The van der Waals surface area contributed by atoms with Crippen molar-refractivity contribution in [2.45, 2.75) is 26.1 Å². The highest BCUT2D eigenvalue weighted by molar-refractivity contribution is 7.14. The second-order valence-corrected chi connectivity index (χ2v) is 6.76. The molecule has 6 heteroatoms. The molecule has 1 N–H and O–H groups in total. The Hall–Kier alpha value is -1.76. The van der Waals surface area contributed by atoms with E-state index < -0.39 is 0 Å². The molecule has 122 valence electrons. The maximum Gasteiger partial charge on any atom is 0.240 e. The summed E-state index contributed by atoms with van der Waals surface area (Å²) in [5.74, 6) is -0.0275. The van der Waals surface area contributed by atoms with E-state index in [2.05, 4.69) is 15.2 Å². The number of nitrogens with one attached hydrogen (secondary N) is 1. The van der Waals surface area contributed by atoms with Gasteiger partial charge in [-0.05, 0) is 13.8 Å². The minimum atomic E-state index is -0.0275. The summed E-state index contributed by atoms with van der Waals surface area (Å²) in [5.41, 5.74) is 1.94. The second-order valence-electron chi connectivity index (χ2n) is 5.90. The summed E-state index contributed by atoms with van der Waals surface area (Å²) in [4.78, 5) is 18.8. The molecule has 23 heavy (non-hydrogen) atoms. The smallest absolute Gasteiger partial charge is 0.240 e. The van der Waals surface area contributed by atoms with Crippen LogP contribution >= 0.6 is 11.3 Å². The summed E-state index contributed by atoms with van der Waals surface area (Å²) in [6.07, 6.45) is 0.326. The summed E-state index contributed by atoms with van der Waals surface area (Å²) in [6.45, 7) is 6.01. The lowest BCUT2D eigenvalue weighted by Crippen LogP contribution is -2.48. The molecule has 0 spiro atoms. The third kappa shape index (κ3) is 4.37. The van der Waals surface area contributed by atoms with Crippen LogP contribution in [0.4, 0.5) is 5.13 Å². The number of benzene rings is 1. The summed E-state index contributed by atoms with van der Waals surface area (Å²) in [7, 11) is 0. The zero-order valence-corrected chi connectivity index (χ0v) is 14.2. The lowest BCUT2D eigenvalue weighted by molar-refractivity contribution is -0.121. The first-order chi connectivity index (χ1) is 11.1. The van der Waals surface area contributed by atoms with E-state index in [1.54, 1.807) is 0 Å². The van der Waals surface area contributed by atoms with Crippen LogP contribution in [0.25, 0.3) is 11.3 Å². The molecule has 5 nitrogen and oxygen atoms in total. The number of rotatable bonds is 4. The number of carbonyl (C=O) groups excluding carboxylic acids is 1. The molecule has 1 aliphatic rings. The lowest BCUT2D eigenvalue weighted by Gasteiger charge is -2.34. The summed E-state index contributed by atoms with van der Waals surface area (Å²) < 4.78 is 5.68. The zero-order chi connectivity index (χ0) is 16.2. The molecule has 2 aromatic rings. The fourth-order valence-corrected chi connectivity index (χ4v) is 3.58. The van der Waals surface area contributed by atoms with E-state index in [0.29, 0.717) is 11.7 Å². The molecule has 1 amide bonds. The van der Waals surface area contributed by atoms with Crippen LogP contribution in [-0.2, 0) is 9.53 Å². The average molecular weight is 331 g/mol. The molecular formula is C17H21N3O2S. The van der Waals surface area contributed by atoms with E-state index in [0.717, 1.165) is 24.3 Å². The van der Waals surface area contributed by atoms with Crippen LogP contribution in [0.5, 0.6) is 0 Å². The van der Waals surface area contributed by atoms with E-state index in [4.69, 9.17) is 4.74 Å². The number of thiazole rings is 1. The molecule has 1 aromatic carbocycles. The molecule has 0 bridgehead atoms. The van der Waals surface area contributed by atoms with E-state index >= 15 is 0 Å². The largest absolute Gasteiger partial charge is 0.373 e. The van der Waals surface area contributed by atoms with Gasteiger partial charge in [0.2, 0.25) is 5.91 Å². The topological polar surface area (TPSA) is 54.5 Å². The average Bonchev–Trinajstić information content (AvgIpc) is 2.95. The van der Waals surface area contributed by atoms with Crippen LogP contribution in [0.15, 0.2) is 35.7 Å². The highest BCUT2D eigenvalue weighted by atomic mass is 32.1. The first kappa shape index (κ1) is 16.1. The number of ether oxygens (including phenoxy) is 1. The third-order valence-corrected chi connectivity index (χ3v) is 4.44. The molecule has 1 aromatic heterocycles. The Bertz CT molecular complexity index is 649. The number of carbonyl (C=O) groups is 1. The van der Waals surface area contributed by atoms with Gasteiger partial charge in [-0.15, -0.1) is 11.3 Å². The normalized spacial score (nSPS) is 22.0. The summed E-state index contributed by atoms with van der Waals surface area (Å²) in [5, 5.41) is 5.50. The SMILES string of the molecule is C[C@@H]1CN(CC(=O)Nc2nc(-c3ccccc3)cs2)C[C@H](C)O1. The van der Waals surface area contributed by atoms with Crippen molar-refractivity contribution in [3.8, 4) is 11.3 Å². The molecule has 0 unspecified atom stereocenters. The first-order valence-corrected chi connectivity index (χ1v) is 8.67. The Labute approximate surface area is 140 Å². The van der Waals surface area contributed by atoms with Crippen molar-refractivity contribution >= 4 is 22.4 Å². The Kier molecular flexibility index (Phi) is 5.05. The highest BCUT2D eigenvalue weighted by Gasteiger charge is 2.23. The molecular weight excluding hydrogens is 310 g/mol. The Morgan fingerprint density at radius 1 is 1.30 bits per heavy atom. The number of aromatic nitrogens is 1. The maximum absolute atomic E-state index is 12.2. The van der Waals surface area contributed by atoms with Gasteiger partial charge in [0.15, 0.2) is 5.13 Å². The van der Waals surface area contributed by atoms with Gasteiger partial charge >= 0.3 is 0 Å². The van der Waals surface area contributed by atoms with Gasteiger partial charge in [-0.25, -0.2) is 4.98 Å². The van der Waals surface area contributed by atoms with Gasteiger partial charge in [-0.2, -0.15) is 0 Å². The van der Waals surface area contributed by atoms with Crippen molar-refractivity contribution in [3.63, 3.8) is 0 Å². The van der Waals surface area contributed by atoms with Crippen LogP contribution in [0, 0.1) is 0 Å². The van der Waals surface area contributed by atoms with Crippen LogP contribution in [0.1, 0.15) is 13.8 Å². The van der Waals surface area contributed by atoms with Crippen molar-refractivity contribution in [2.24, 2.45) is 0 Å². The lowest BCUT2D eigenvalue weighted by atomic mass is 10.2. The van der Waals surface area contributed by atoms with E-state index in [1.165, 1.54) is 11.3 Å². The first-order valence-electron chi connectivity index (χ1n) is 7.79. The molecule has 1 fully saturated rings. The van der Waals surface area contributed by atoms with Gasteiger partial charge in [-0.3, -0.25) is 9.69 Å². The molecule has 3 rings (SSSR count). The Morgan fingerprint density at radius 3 is 2.70 bits per heavy atom. The molecule has 0 saturated carbocycles. The van der Waals surface area contributed by atoms with Crippen LogP contribution in [0.3, 0.4) is 0 Å². The number of hydrogen-bond acceptors (Lipinski definition) is 5.